The van der Waals surface area contributed by atoms with E-state index in [1.807, 2.05) is 19.1 Å². The third-order valence-corrected chi connectivity index (χ3v) is 6.58. The smallest absolute Gasteiger partial charge is 0.258 e. The van der Waals surface area contributed by atoms with Gasteiger partial charge < -0.3 is 30.2 Å². The predicted octanol–water partition coefficient (Wildman–Crippen LogP) is 4.68. The van der Waals surface area contributed by atoms with Gasteiger partial charge in [-0.1, -0.05) is 26.8 Å². The molecule has 0 radical (unpaired) electrons. The van der Waals surface area contributed by atoms with Crippen LogP contribution in [0.25, 0.3) is 0 Å². The summed E-state index contributed by atoms with van der Waals surface area (Å²) in [4.78, 5) is 14.7. The highest BCUT2D eigenvalue weighted by Crippen LogP contribution is 2.39. The number of anilines is 3. The van der Waals surface area contributed by atoms with Crippen LogP contribution in [0.2, 0.25) is 0 Å². The summed E-state index contributed by atoms with van der Waals surface area (Å²) in [7, 11) is 0. The van der Waals surface area contributed by atoms with Crippen molar-refractivity contribution in [3.63, 3.8) is 0 Å². The molecule has 0 spiro atoms. The number of aliphatic hydroxyl groups is 1. The summed E-state index contributed by atoms with van der Waals surface area (Å²) in [6.07, 6.45) is 1.59. The zero-order valence-electron chi connectivity index (χ0n) is 19.8. The molecule has 1 saturated heterocycles. The Hall–Kier alpha value is -3.11. The number of aryl methyl sites for hydroxylation is 1. The molecule has 4 N–H and O–H groups in total. The van der Waals surface area contributed by atoms with Gasteiger partial charge in [0.05, 0.1) is 41.7 Å². The van der Waals surface area contributed by atoms with Crippen LogP contribution in [0.5, 0.6) is 5.75 Å². The number of amides is 1. The topological polar surface area (TPSA) is 124 Å². The summed E-state index contributed by atoms with van der Waals surface area (Å²) < 4.78 is 14.6. The summed E-state index contributed by atoms with van der Waals surface area (Å²) in [6.45, 7) is 8.69. The van der Waals surface area contributed by atoms with Gasteiger partial charge in [0.15, 0.2) is 17.4 Å². The van der Waals surface area contributed by atoms with E-state index in [9.17, 15) is 15.0 Å². The van der Waals surface area contributed by atoms with Crippen molar-refractivity contribution >= 4 is 35.0 Å². The van der Waals surface area contributed by atoms with E-state index in [0.717, 1.165) is 36.1 Å². The summed E-state index contributed by atoms with van der Waals surface area (Å²) in [6, 6.07) is 8.46. The first kappa shape index (κ1) is 24.0. The summed E-state index contributed by atoms with van der Waals surface area (Å²) >= 11 is 1.04. The van der Waals surface area contributed by atoms with E-state index in [4.69, 9.17) is 4.42 Å². The number of phenols is 1. The van der Waals surface area contributed by atoms with Gasteiger partial charge in [0, 0.05) is 6.54 Å². The molecule has 2 unspecified atom stereocenters. The van der Waals surface area contributed by atoms with Crippen LogP contribution >= 0.6 is 11.7 Å². The van der Waals surface area contributed by atoms with Gasteiger partial charge >= 0.3 is 0 Å². The predicted molar refractivity (Wildman–Crippen MR) is 132 cm³/mol. The number of furan rings is 1. The Balaban J connectivity index is 1.58. The molecule has 3 heterocycles. The van der Waals surface area contributed by atoms with Crippen molar-refractivity contribution in [1.29, 1.82) is 0 Å². The summed E-state index contributed by atoms with van der Waals surface area (Å²) in [5.41, 5.74) is 0.350. The normalized spacial score (nSPS) is 17.1. The third kappa shape index (κ3) is 4.88. The fourth-order valence-electron chi connectivity index (χ4n) is 4.22. The Morgan fingerprint density at radius 3 is 2.71 bits per heavy atom. The third-order valence-electron chi connectivity index (χ3n) is 6.05. The number of carbonyl (C=O) groups is 1. The molecule has 1 aliphatic rings. The van der Waals surface area contributed by atoms with Crippen LogP contribution in [0.4, 0.5) is 17.3 Å². The number of likely N-dealkylation sites (tertiary alicyclic amines) is 1. The largest absolute Gasteiger partial charge is 0.505 e. The van der Waals surface area contributed by atoms with Crippen molar-refractivity contribution in [3.8, 4) is 5.75 Å². The van der Waals surface area contributed by atoms with Crippen LogP contribution in [-0.2, 0) is 0 Å². The van der Waals surface area contributed by atoms with Crippen LogP contribution in [0.1, 0.15) is 61.5 Å². The number of phenolic OH excluding ortho intramolecular Hbond substituents is 1. The van der Waals surface area contributed by atoms with E-state index >= 15 is 0 Å². The second-order valence-electron chi connectivity index (χ2n) is 9.66. The molecule has 1 aromatic carbocycles. The first-order chi connectivity index (χ1) is 16.2. The number of carbonyl (C=O) groups excluding carboxylic acids is 1. The van der Waals surface area contributed by atoms with E-state index in [1.165, 1.54) is 0 Å². The maximum atomic E-state index is 13.1. The Kier molecular flexibility index (Phi) is 6.81. The minimum absolute atomic E-state index is 0.0892. The number of benzene rings is 1. The summed E-state index contributed by atoms with van der Waals surface area (Å²) in [5, 5.41) is 27.0. The van der Waals surface area contributed by atoms with Gasteiger partial charge in [-0.3, -0.25) is 4.79 Å². The maximum absolute atomic E-state index is 13.1. The number of nitrogens with one attached hydrogen (secondary N) is 2. The van der Waals surface area contributed by atoms with Crippen molar-refractivity contribution in [3.05, 3.63) is 47.4 Å². The summed E-state index contributed by atoms with van der Waals surface area (Å²) in [5.74, 6) is 2.13. The Labute approximate surface area is 203 Å². The number of para-hydroxylation sites is 1. The monoisotopic (exact) mass is 485 g/mol. The lowest BCUT2D eigenvalue weighted by Crippen LogP contribution is -2.37. The van der Waals surface area contributed by atoms with Crippen molar-refractivity contribution in [1.82, 2.24) is 13.6 Å². The molecule has 34 heavy (non-hydrogen) atoms. The van der Waals surface area contributed by atoms with Gasteiger partial charge in [-0.2, -0.15) is 8.75 Å². The fourth-order valence-corrected chi connectivity index (χ4v) is 4.69. The minimum atomic E-state index is -0.298. The SMILES string of the molecule is Cc1ccc(C(Nc2nsnc2Nc2cccc(C(=O)N3CCCC3CO)c2O)C(C)(C)C)o1. The zero-order chi connectivity index (χ0) is 24.5. The first-order valence-electron chi connectivity index (χ1n) is 11.3. The van der Waals surface area contributed by atoms with Crippen molar-refractivity contribution in [2.75, 3.05) is 23.8 Å². The van der Waals surface area contributed by atoms with Crippen LogP contribution in [0.15, 0.2) is 34.7 Å². The molecular formula is C24H31N5O4S. The molecule has 9 nitrogen and oxygen atoms in total. The Bertz CT molecular complexity index is 1150. The highest BCUT2D eigenvalue weighted by molar-refractivity contribution is 6.99. The quantitative estimate of drug-likeness (QED) is 0.356. The number of rotatable bonds is 7. The number of hydrogen-bond donors (Lipinski definition) is 4. The number of aromatic hydroxyl groups is 1. The maximum Gasteiger partial charge on any atom is 0.258 e. The second-order valence-corrected chi connectivity index (χ2v) is 10.2. The van der Waals surface area contributed by atoms with Crippen LogP contribution < -0.4 is 10.6 Å². The van der Waals surface area contributed by atoms with Crippen molar-refractivity contribution in [2.24, 2.45) is 5.41 Å². The highest BCUT2D eigenvalue weighted by Gasteiger charge is 2.32. The molecule has 1 fully saturated rings. The number of nitrogens with zero attached hydrogens (tertiary/aromatic N) is 3. The lowest BCUT2D eigenvalue weighted by atomic mass is 9.85. The van der Waals surface area contributed by atoms with Gasteiger partial charge in [-0.15, -0.1) is 0 Å². The molecule has 182 valence electrons. The average molecular weight is 486 g/mol. The lowest BCUT2D eigenvalue weighted by Gasteiger charge is -2.30. The molecular weight excluding hydrogens is 454 g/mol. The van der Waals surface area contributed by atoms with E-state index < -0.39 is 0 Å². The average Bonchev–Trinajstić information content (AvgIpc) is 3.53. The van der Waals surface area contributed by atoms with E-state index in [0.29, 0.717) is 23.9 Å². The van der Waals surface area contributed by atoms with E-state index in [1.54, 1.807) is 23.1 Å². The Morgan fingerprint density at radius 2 is 2.03 bits per heavy atom. The molecule has 0 saturated carbocycles. The van der Waals surface area contributed by atoms with Gasteiger partial charge in [0.2, 0.25) is 0 Å². The molecule has 10 heteroatoms. The molecule has 3 aromatic rings. The van der Waals surface area contributed by atoms with Gasteiger partial charge in [-0.25, -0.2) is 0 Å². The Morgan fingerprint density at radius 1 is 1.26 bits per heavy atom. The standard InChI is InChI=1S/C24H31N5O4S/c1-14-10-11-18(33-14)20(24(2,3)4)26-22-21(27-34-28-22)25-17-9-5-8-16(19(17)31)23(32)29-12-6-7-15(29)13-30/h5,8-11,15,20,30-31H,6-7,12-13H2,1-4H3,(H,25,27)(H,26,28). The molecule has 2 atom stereocenters. The highest BCUT2D eigenvalue weighted by atomic mass is 32.1. The molecule has 1 amide bonds. The first-order valence-corrected chi connectivity index (χ1v) is 12.1. The fraction of sp³-hybridized carbons (Fsp3) is 0.458. The van der Waals surface area contributed by atoms with Crippen molar-refractivity contribution < 1.29 is 19.4 Å². The van der Waals surface area contributed by atoms with E-state index in [2.05, 4.69) is 40.2 Å². The molecule has 1 aliphatic heterocycles. The van der Waals surface area contributed by atoms with Crippen molar-refractivity contribution in [2.45, 2.75) is 52.6 Å². The van der Waals surface area contributed by atoms with Crippen LogP contribution in [-0.4, -0.2) is 49.0 Å². The molecule has 0 aliphatic carbocycles. The lowest BCUT2D eigenvalue weighted by molar-refractivity contribution is 0.0674. The van der Waals surface area contributed by atoms with Gasteiger partial charge in [0.25, 0.3) is 5.91 Å². The number of aromatic nitrogens is 2. The second kappa shape index (κ2) is 9.63. The van der Waals surface area contributed by atoms with Crippen LogP contribution in [0.3, 0.4) is 0 Å². The molecule has 2 aromatic heterocycles. The molecule has 0 bridgehead atoms. The zero-order valence-corrected chi connectivity index (χ0v) is 20.6. The molecule has 4 rings (SSSR count). The van der Waals surface area contributed by atoms with Crippen LogP contribution in [0, 0.1) is 12.3 Å². The van der Waals surface area contributed by atoms with E-state index in [-0.39, 0.29) is 41.3 Å². The minimum Gasteiger partial charge on any atom is -0.505 e. The van der Waals surface area contributed by atoms with Gasteiger partial charge in [0.1, 0.15) is 11.5 Å². The van der Waals surface area contributed by atoms with Gasteiger partial charge in [-0.05, 0) is 49.4 Å². The number of hydrogen-bond acceptors (Lipinski definition) is 9. The number of aliphatic hydroxyl groups excluding tert-OH is 1.